The normalized spacial score (nSPS) is 16.1. The Labute approximate surface area is 132 Å². The lowest BCUT2D eigenvalue weighted by Crippen LogP contribution is -2.41. The fourth-order valence-electron chi connectivity index (χ4n) is 2.52. The average Bonchev–Trinajstić information content (AvgIpc) is 2.53. The van der Waals surface area contributed by atoms with Crippen molar-refractivity contribution >= 4 is 11.7 Å². The molecule has 122 valence electrons. The van der Waals surface area contributed by atoms with Crippen LogP contribution >= 0.6 is 0 Å². The number of carbonyl (C=O) groups excluding carboxylic acids is 1. The minimum absolute atomic E-state index is 0.0710. The molecule has 5 heteroatoms. The molecule has 5 nitrogen and oxygen atoms in total. The van der Waals surface area contributed by atoms with Gasteiger partial charge >= 0.3 is 6.03 Å². The molecule has 0 aromatic heterocycles. The summed E-state index contributed by atoms with van der Waals surface area (Å²) in [4.78, 5) is 14.1. The first-order chi connectivity index (χ1) is 10.6. The van der Waals surface area contributed by atoms with Gasteiger partial charge in [-0.05, 0) is 50.3 Å². The number of hydrogen-bond donors (Lipinski definition) is 2. The quantitative estimate of drug-likeness (QED) is 0.879. The molecule has 1 heterocycles. The number of urea groups is 1. The summed E-state index contributed by atoms with van der Waals surface area (Å²) >= 11 is 0. The molecule has 0 unspecified atom stereocenters. The maximum atomic E-state index is 12.3. The summed E-state index contributed by atoms with van der Waals surface area (Å²) in [5.74, 6) is 0.334. The minimum Gasteiger partial charge on any atom is -0.396 e. The van der Waals surface area contributed by atoms with E-state index < -0.39 is 0 Å². The van der Waals surface area contributed by atoms with Crippen molar-refractivity contribution in [1.82, 2.24) is 4.90 Å². The van der Waals surface area contributed by atoms with Crippen LogP contribution in [0.25, 0.3) is 0 Å². The topological polar surface area (TPSA) is 61.8 Å². The van der Waals surface area contributed by atoms with Gasteiger partial charge in [-0.1, -0.05) is 12.1 Å². The highest BCUT2D eigenvalue weighted by Gasteiger charge is 2.22. The van der Waals surface area contributed by atoms with Crippen molar-refractivity contribution in [2.75, 3.05) is 25.0 Å². The Morgan fingerprint density at radius 1 is 1.41 bits per heavy atom. The van der Waals surface area contributed by atoms with E-state index in [1.54, 1.807) is 0 Å². The summed E-state index contributed by atoms with van der Waals surface area (Å²) < 4.78 is 5.58. The third kappa shape index (κ3) is 5.00. The van der Waals surface area contributed by atoms with Crippen LogP contribution in [-0.2, 0) is 11.3 Å². The number of anilines is 1. The van der Waals surface area contributed by atoms with E-state index in [0.717, 1.165) is 24.1 Å². The Morgan fingerprint density at radius 3 is 2.77 bits per heavy atom. The molecule has 0 spiro atoms. The van der Waals surface area contributed by atoms with Gasteiger partial charge in [-0.3, -0.25) is 0 Å². The maximum Gasteiger partial charge on any atom is 0.321 e. The van der Waals surface area contributed by atoms with Gasteiger partial charge in [0.25, 0.3) is 0 Å². The number of aliphatic hydroxyl groups is 1. The number of rotatable bonds is 5. The lowest BCUT2D eigenvalue weighted by Gasteiger charge is -2.31. The van der Waals surface area contributed by atoms with Crippen molar-refractivity contribution in [3.63, 3.8) is 0 Å². The molecule has 0 saturated carbocycles. The van der Waals surface area contributed by atoms with Crippen molar-refractivity contribution in [1.29, 1.82) is 0 Å². The number of carbonyl (C=O) groups is 1. The lowest BCUT2D eigenvalue weighted by atomic mass is 9.98. The summed E-state index contributed by atoms with van der Waals surface area (Å²) in [5.41, 5.74) is 1.84. The average molecular weight is 306 g/mol. The molecule has 22 heavy (non-hydrogen) atoms. The van der Waals surface area contributed by atoms with Crippen LogP contribution in [0.15, 0.2) is 24.3 Å². The molecule has 2 amide bonds. The second kappa shape index (κ2) is 8.15. The summed E-state index contributed by atoms with van der Waals surface area (Å²) in [6, 6.07) is 7.67. The van der Waals surface area contributed by atoms with Crippen molar-refractivity contribution in [2.45, 2.75) is 39.4 Å². The smallest absolute Gasteiger partial charge is 0.321 e. The molecule has 1 aliphatic rings. The molecule has 1 aromatic carbocycles. The van der Waals surface area contributed by atoms with Crippen LogP contribution in [0, 0.1) is 5.92 Å². The molecule has 0 aliphatic carbocycles. The van der Waals surface area contributed by atoms with E-state index in [1.165, 1.54) is 0 Å². The Bertz CT molecular complexity index is 483. The van der Waals surface area contributed by atoms with E-state index in [1.807, 2.05) is 43.0 Å². The summed E-state index contributed by atoms with van der Waals surface area (Å²) in [6.07, 6.45) is 1.92. The van der Waals surface area contributed by atoms with Gasteiger partial charge in [0.1, 0.15) is 0 Å². The fourth-order valence-corrected chi connectivity index (χ4v) is 2.52. The first kappa shape index (κ1) is 16.8. The predicted molar refractivity (Wildman–Crippen MR) is 86.8 cm³/mol. The molecule has 0 radical (unpaired) electrons. The second-order valence-electron chi connectivity index (χ2n) is 6.10. The second-order valence-corrected chi connectivity index (χ2v) is 6.10. The van der Waals surface area contributed by atoms with Crippen LogP contribution in [0.2, 0.25) is 0 Å². The van der Waals surface area contributed by atoms with Gasteiger partial charge < -0.3 is 20.1 Å². The monoisotopic (exact) mass is 306 g/mol. The summed E-state index contributed by atoms with van der Waals surface area (Å²) in [6.45, 7) is 6.17. The van der Waals surface area contributed by atoms with Crippen LogP contribution in [0.1, 0.15) is 32.3 Å². The number of hydrogen-bond acceptors (Lipinski definition) is 3. The molecule has 1 saturated heterocycles. The number of amides is 2. The Kier molecular flexibility index (Phi) is 6.21. The van der Waals surface area contributed by atoms with Crippen LogP contribution in [-0.4, -0.2) is 41.8 Å². The third-order valence-corrected chi connectivity index (χ3v) is 3.92. The van der Waals surface area contributed by atoms with E-state index in [-0.39, 0.29) is 18.7 Å². The van der Waals surface area contributed by atoms with E-state index in [0.29, 0.717) is 25.6 Å². The van der Waals surface area contributed by atoms with Crippen LogP contribution in [0.3, 0.4) is 0 Å². The molecule has 1 aromatic rings. The zero-order valence-electron chi connectivity index (χ0n) is 13.4. The Morgan fingerprint density at radius 2 is 2.14 bits per heavy atom. The third-order valence-electron chi connectivity index (χ3n) is 3.92. The van der Waals surface area contributed by atoms with Gasteiger partial charge in [0.15, 0.2) is 0 Å². The van der Waals surface area contributed by atoms with Crippen molar-refractivity contribution in [2.24, 2.45) is 5.92 Å². The van der Waals surface area contributed by atoms with Gasteiger partial charge in [0.2, 0.25) is 0 Å². The number of benzene rings is 1. The van der Waals surface area contributed by atoms with Gasteiger partial charge in [-0.2, -0.15) is 0 Å². The highest BCUT2D eigenvalue weighted by Crippen LogP contribution is 2.18. The lowest BCUT2D eigenvalue weighted by molar-refractivity contribution is 0.0657. The van der Waals surface area contributed by atoms with Crippen LogP contribution in [0.4, 0.5) is 10.5 Å². The standard InChI is InChI=1S/C17H26N2O3/c1-13(2)22-12-15-4-3-5-16(10-15)18-17(21)19-8-6-14(11-20)7-9-19/h3-5,10,13-14,20H,6-9,11-12H2,1-2H3,(H,18,21). The number of aliphatic hydroxyl groups excluding tert-OH is 1. The predicted octanol–water partition coefficient (Wildman–Crippen LogP) is 2.85. The van der Waals surface area contributed by atoms with Gasteiger partial charge in [0.05, 0.1) is 12.7 Å². The minimum atomic E-state index is -0.0710. The largest absolute Gasteiger partial charge is 0.396 e. The summed E-state index contributed by atoms with van der Waals surface area (Å²) in [5, 5.41) is 12.1. The molecule has 2 N–H and O–H groups in total. The van der Waals surface area contributed by atoms with Crippen molar-refractivity contribution in [3.05, 3.63) is 29.8 Å². The SMILES string of the molecule is CC(C)OCc1cccc(NC(=O)N2CCC(CO)CC2)c1. The molecule has 1 fully saturated rings. The van der Waals surface area contributed by atoms with Gasteiger partial charge in [0, 0.05) is 25.4 Å². The maximum absolute atomic E-state index is 12.3. The van der Waals surface area contributed by atoms with Gasteiger partial charge in [-0.15, -0.1) is 0 Å². The number of piperidine rings is 1. The fraction of sp³-hybridized carbons (Fsp3) is 0.588. The molecular formula is C17H26N2O3. The van der Waals surface area contributed by atoms with E-state index in [2.05, 4.69) is 5.32 Å². The summed E-state index contributed by atoms with van der Waals surface area (Å²) in [7, 11) is 0. The van der Waals surface area contributed by atoms with E-state index in [9.17, 15) is 4.79 Å². The molecule has 2 rings (SSSR count). The first-order valence-corrected chi connectivity index (χ1v) is 7.96. The number of nitrogens with zero attached hydrogens (tertiary/aromatic N) is 1. The highest BCUT2D eigenvalue weighted by molar-refractivity contribution is 5.89. The van der Waals surface area contributed by atoms with Crippen molar-refractivity contribution < 1.29 is 14.6 Å². The zero-order valence-corrected chi connectivity index (χ0v) is 13.4. The molecular weight excluding hydrogens is 280 g/mol. The highest BCUT2D eigenvalue weighted by atomic mass is 16.5. The first-order valence-electron chi connectivity index (χ1n) is 7.96. The van der Waals surface area contributed by atoms with Gasteiger partial charge in [-0.25, -0.2) is 4.79 Å². The number of likely N-dealkylation sites (tertiary alicyclic amines) is 1. The Balaban J connectivity index is 1.87. The van der Waals surface area contributed by atoms with E-state index in [4.69, 9.17) is 9.84 Å². The molecule has 0 atom stereocenters. The van der Waals surface area contributed by atoms with Crippen LogP contribution in [0.5, 0.6) is 0 Å². The molecule has 1 aliphatic heterocycles. The zero-order chi connectivity index (χ0) is 15.9. The number of ether oxygens (including phenoxy) is 1. The van der Waals surface area contributed by atoms with Crippen molar-refractivity contribution in [3.8, 4) is 0 Å². The Hall–Kier alpha value is -1.59. The number of nitrogens with one attached hydrogen (secondary N) is 1. The van der Waals surface area contributed by atoms with E-state index >= 15 is 0 Å². The molecule has 0 bridgehead atoms. The van der Waals surface area contributed by atoms with Crippen LogP contribution < -0.4 is 5.32 Å².